The van der Waals surface area contributed by atoms with Gasteiger partial charge in [0.15, 0.2) is 11.6 Å². The largest absolute Gasteiger partial charge is 0.474 e. The number of hydrogen-bond acceptors (Lipinski definition) is 4. The van der Waals surface area contributed by atoms with Gasteiger partial charge in [-0.25, -0.2) is 9.79 Å². The maximum absolute atomic E-state index is 13.9. The molecule has 0 saturated carbocycles. The molecule has 1 heterocycles. The number of rotatable bonds is 7. The molecule has 5 rings (SSSR count). The molecule has 0 fully saturated rings. The van der Waals surface area contributed by atoms with E-state index in [1.165, 1.54) is 0 Å². The van der Waals surface area contributed by atoms with E-state index < -0.39 is 17.6 Å². The van der Waals surface area contributed by atoms with Crippen LogP contribution in [0.3, 0.4) is 0 Å². The van der Waals surface area contributed by atoms with Crippen LogP contribution >= 0.6 is 0 Å². The first-order valence-corrected chi connectivity index (χ1v) is 11.4. The zero-order chi connectivity index (χ0) is 23.2. The third-order valence-electron chi connectivity index (χ3n) is 5.93. The van der Waals surface area contributed by atoms with Gasteiger partial charge in [-0.2, -0.15) is 0 Å². The number of hydrogen-bond donors (Lipinski definition) is 0. The Hall–Kier alpha value is -4.18. The summed E-state index contributed by atoms with van der Waals surface area (Å²) < 4.78 is 12.2. The van der Waals surface area contributed by atoms with Gasteiger partial charge in [-0.05, 0) is 28.8 Å². The standard InChI is InChI=1S/C30H25NO3/c32-29(34-27(24-15-7-2-8-16-24)25-17-9-3-10-18-25)30(21-23-13-5-1-6-14-23)22-33-28(31-30)26-19-11-4-12-20-26/h1-20,27H,21-22H2/t30-/m0/s1. The van der Waals surface area contributed by atoms with Crippen molar-refractivity contribution in [3.05, 3.63) is 144 Å². The second kappa shape index (κ2) is 9.75. The highest BCUT2D eigenvalue weighted by Crippen LogP contribution is 2.33. The number of ether oxygens (including phenoxy) is 2. The van der Waals surface area contributed by atoms with Crippen molar-refractivity contribution < 1.29 is 14.3 Å². The Kier molecular flexibility index (Phi) is 6.21. The average molecular weight is 448 g/mol. The molecule has 34 heavy (non-hydrogen) atoms. The number of nitrogens with zero attached hydrogens (tertiary/aromatic N) is 1. The Labute approximate surface area is 199 Å². The molecule has 0 amide bonds. The fraction of sp³-hybridized carbons (Fsp3) is 0.133. The SMILES string of the molecule is O=C(OC(c1ccccc1)c1ccccc1)[C@]1(Cc2ccccc2)COC(c2ccccc2)=N1. The molecule has 0 unspecified atom stereocenters. The van der Waals surface area contributed by atoms with Crippen molar-refractivity contribution in [1.82, 2.24) is 0 Å². The average Bonchev–Trinajstić information content (AvgIpc) is 3.34. The highest BCUT2D eigenvalue weighted by Gasteiger charge is 2.47. The molecular weight excluding hydrogens is 422 g/mol. The zero-order valence-electron chi connectivity index (χ0n) is 18.7. The number of carbonyl (C=O) groups excluding carboxylic acids is 1. The highest BCUT2D eigenvalue weighted by atomic mass is 16.6. The van der Waals surface area contributed by atoms with Crippen molar-refractivity contribution in [2.75, 3.05) is 6.61 Å². The lowest BCUT2D eigenvalue weighted by Crippen LogP contribution is -2.42. The van der Waals surface area contributed by atoms with Crippen molar-refractivity contribution in [1.29, 1.82) is 0 Å². The van der Waals surface area contributed by atoms with E-state index in [-0.39, 0.29) is 6.61 Å². The Bertz CT molecular complexity index is 1220. The van der Waals surface area contributed by atoms with Gasteiger partial charge in [0.1, 0.15) is 6.61 Å². The Morgan fingerprint density at radius 3 is 1.82 bits per heavy atom. The van der Waals surface area contributed by atoms with E-state index in [2.05, 4.69) is 0 Å². The predicted octanol–water partition coefficient (Wildman–Crippen LogP) is 5.78. The molecule has 4 heteroatoms. The normalized spacial score (nSPS) is 17.1. The fourth-order valence-electron chi connectivity index (χ4n) is 4.18. The Morgan fingerprint density at radius 2 is 1.26 bits per heavy atom. The van der Waals surface area contributed by atoms with Gasteiger partial charge in [0, 0.05) is 12.0 Å². The van der Waals surface area contributed by atoms with Gasteiger partial charge in [-0.15, -0.1) is 0 Å². The molecule has 1 atom stereocenters. The Balaban J connectivity index is 1.52. The van der Waals surface area contributed by atoms with Crippen LogP contribution in [0.5, 0.6) is 0 Å². The minimum atomic E-state index is -1.17. The summed E-state index contributed by atoms with van der Waals surface area (Å²) in [6.45, 7) is 0.126. The monoisotopic (exact) mass is 447 g/mol. The number of esters is 1. The summed E-state index contributed by atoms with van der Waals surface area (Å²) in [5, 5.41) is 0. The molecule has 0 saturated heterocycles. The molecular formula is C30H25NO3. The van der Waals surface area contributed by atoms with Crippen LogP contribution in [0.2, 0.25) is 0 Å². The van der Waals surface area contributed by atoms with E-state index in [0.717, 1.165) is 22.3 Å². The highest BCUT2D eigenvalue weighted by molar-refractivity contribution is 5.99. The van der Waals surface area contributed by atoms with Gasteiger partial charge in [-0.3, -0.25) is 0 Å². The van der Waals surface area contributed by atoms with Crippen molar-refractivity contribution in [3.63, 3.8) is 0 Å². The summed E-state index contributed by atoms with van der Waals surface area (Å²) in [5.41, 5.74) is 2.48. The first kappa shape index (κ1) is 21.7. The van der Waals surface area contributed by atoms with Crippen LogP contribution in [0, 0.1) is 0 Å². The smallest absolute Gasteiger partial charge is 0.339 e. The van der Waals surface area contributed by atoms with Crippen LogP contribution in [0.15, 0.2) is 126 Å². The van der Waals surface area contributed by atoms with Gasteiger partial charge < -0.3 is 9.47 Å². The molecule has 0 bridgehead atoms. The van der Waals surface area contributed by atoms with E-state index in [9.17, 15) is 4.79 Å². The second-order valence-electron chi connectivity index (χ2n) is 8.37. The van der Waals surface area contributed by atoms with Crippen LogP contribution in [0.25, 0.3) is 0 Å². The van der Waals surface area contributed by atoms with E-state index in [4.69, 9.17) is 14.5 Å². The molecule has 168 valence electrons. The molecule has 1 aliphatic rings. The van der Waals surface area contributed by atoms with Crippen molar-refractivity contribution >= 4 is 11.9 Å². The lowest BCUT2D eigenvalue weighted by Gasteiger charge is -2.26. The van der Waals surface area contributed by atoms with E-state index in [1.54, 1.807) is 0 Å². The van der Waals surface area contributed by atoms with Crippen LogP contribution in [-0.2, 0) is 20.7 Å². The summed E-state index contributed by atoms with van der Waals surface area (Å²) in [4.78, 5) is 18.7. The zero-order valence-corrected chi connectivity index (χ0v) is 18.7. The topological polar surface area (TPSA) is 47.9 Å². The molecule has 0 spiro atoms. The van der Waals surface area contributed by atoms with Crippen molar-refractivity contribution in [3.8, 4) is 0 Å². The van der Waals surface area contributed by atoms with Crippen LogP contribution in [0.1, 0.15) is 28.4 Å². The number of carbonyl (C=O) groups is 1. The lowest BCUT2D eigenvalue weighted by molar-refractivity contribution is -0.154. The van der Waals surface area contributed by atoms with Crippen molar-refractivity contribution in [2.24, 2.45) is 4.99 Å². The molecule has 0 aromatic heterocycles. The summed E-state index contributed by atoms with van der Waals surface area (Å²) in [6.07, 6.45) is -0.155. The van der Waals surface area contributed by atoms with Crippen LogP contribution < -0.4 is 0 Å². The first-order valence-electron chi connectivity index (χ1n) is 11.4. The van der Waals surface area contributed by atoms with Gasteiger partial charge in [0.05, 0.1) is 0 Å². The predicted molar refractivity (Wildman–Crippen MR) is 133 cm³/mol. The van der Waals surface area contributed by atoms with Crippen LogP contribution in [-0.4, -0.2) is 24.0 Å². The molecule has 4 nitrogen and oxygen atoms in total. The summed E-state index contributed by atoms with van der Waals surface area (Å²) in [5.74, 6) is 0.0597. The van der Waals surface area contributed by atoms with Crippen LogP contribution in [0.4, 0.5) is 0 Å². The quantitative estimate of drug-likeness (QED) is 0.338. The van der Waals surface area contributed by atoms with Gasteiger partial charge in [0.2, 0.25) is 5.90 Å². The first-order chi connectivity index (χ1) is 16.7. The maximum atomic E-state index is 13.9. The third kappa shape index (κ3) is 4.62. The van der Waals surface area contributed by atoms with E-state index >= 15 is 0 Å². The Morgan fingerprint density at radius 1 is 0.765 bits per heavy atom. The van der Waals surface area contributed by atoms with Gasteiger partial charge in [0.25, 0.3) is 0 Å². The van der Waals surface area contributed by atoms with Gasteiger partial charge >= 0.3 is 5.97 Å². The lowest BCUT2D eigenvalue weighted by atomic mass is 9.92. The van der Waals surface area contributed by atoms with E-state index in [0.29, 0.717) is 12.3 Å². The van der Waals surface area contributed by atoms with E-state index in [1.807, 2.05) is 121 Å². The summed E-state index contributed by atoms with van der Waals surface area (Å²) >= 11 is 0. The van der Waals surface area contributed by atoms with Gasteiger partial charge in [-0.1, -0.05) is 109 Å². The molecule has 4 aromatic carbocycles. The third-order valence-corrected chi connectivity index (χ3v) is 5.93. The summed E-state index contributed by atoms with van der Waals surface area (Å²) in [6, 6.07) is 39.1. The fourth-order valence-corrected chi connectivity index (χ4v) is 4.18. The van der Waals surface area contributed by atoms with Crippen molar-refractivity contribution in [2.45, 2.75) is 18.1 Å². The molecule has 0 aliphatic carbocycles. The second-order valence-corrected chi connectivity index (χ2v) is 8.37. The molecule has 4 aromatic rings. The maximum Gasteiger partial charge on any atom is 0.339 e. The minimum Gasteiger partial charge on any atom is -0.474 e. The number of aliphatic imine (C=N–C) groups is 1. The summed E-state index contributed by atoms with van der Waals surface area (Å²) in [7, 11) is 0. The number of benzene rings is 4. The molecule has 0 N–H and O–H groups in total. The minimum absolute atomic E-state index is 0.126. The molecule has 0 radical (unpaired) electrons. The molecule has 1 aliphatic heterocycles.